The zero-order chi connectivity index (χ0) is 67.2. The normalized spacial score (nSPS) is 11.5. The molecule has 2 aliphatic rings. The van der Waals surface area contributed by atoms with Crippen molar-refractivity contribution in [3.63, 3.8) is 0 Å². The Morgan fingerprint density at radius 1 is 0.547 bits per heavy atom. The summed E-state index contributed by atoms with van der Waals surface area (Å²) in [5.74, 6) is 5.46. The van der Waals surface area contributed by atoms with Crippen molar-refractivity contribution in [2.45, 2.75) is 46.5 Å². The number of nitrogens with two attached hydrogens (primary N) is 1. The first kappa shape index (κ1) is 72.1. The lowest BCUT2D eigenvalue weighted by Crippen LogP contribution is -2.09. The predicted octanol–water partition coefficient (Wildman–Crippen LogP) is 25.2. The van der Waals surface area contributed by atoms with Crippen LogP contribution in [-0.2, 0) is 19.3 Å². The number of carbonyl (C=O) groups excluding carboxylic acids is 1. The fourth-order valence-corrected chi connectivity index (χ4v) is 13.6. The van der Waals surface area contributed by atoms with Gasteiger partial charge in [0.25, 0.3) is 0 Å². The molecule has 95 heavy (non-hydrogen) atoms. The van der Waals surface area contributed by atoms with Crippen molar-refractivity contribution in [2.24, 2.45) is 5.84 Å². The number of alkyl halides is 1. The Morgan fingerprint density at radius 3 is 1.66 bits per heavy atom. The number of hydrogen-bond acceptors (Lipinski definition) is 4. The fourth-order valence-electron chi connectivity index (χ4n) is 11.8. The highest BCUT2D eigenvalue weighted by Crippen LogP contribution is 2.40. The van der Waals surface area contributed by atoms with Crippen LogP contribution in [0.5, 0.6) is 0 Å². The van der Waals surface area contributed by atoms with Crippen LogP contribution in [0.15, 0.2) is 279 Å². The van der Waals surface area contributed by atoms with Crippen molar-refractivity contribution >= 4 is 199 Å². The molecule has 0 radical (unpaired) electrons. The second-order valence-corrected chi connectivity index (χ2v) is 26.5. The van der Waals surface area contributed by atoms with Crippen LogP contribution in [0.25, 0.3) is 93.0 Å². The number of carbonyl (C=O) groups is 1. The zero-order valence-corrected chi connectivity index (χ0v) is 61.4. The third kappa shape index (κ3) is 18.3. The molecule has 15 aromatic rings. The Balaban J connectivity index is 0.000000187. The van der Waals surface area contributed by atoms with Gasteiger partial charge in [0, 0.05) is 114 Å². The Kier molecular flexibility index (Phi) is 28.0. The summed E-state index contributed by atoms with van der Waals surface area (Å²) >= 11 is 16.3. The molecule has 3 heterocycles. The molecule has 0 saturated carbocycles. The average Bonchev–Trinajstić information content (AvgIpc) is 1.57. The fraction of sp³-hybridized carbons (Fsp3) is 0.113. The van der Waals surface area contributed by atoms with Crippen LogP contribution in [0.4, 0.5) is 10.1 Å². The number of H-pyrrole nitrogens is 2. The number of para-hydroxylation sites is 1. The SMILES string of the molecule is Brc1ccc2c(c1)[nH]c1c3ccccc3ccc21.Brc1ccc2c3c([nH]c2c1)-c1ccccc1CC3.Brc1ccc2c3ccc4ccccc4c3n(-c3ccccc3)c2c1.C.CCO.Cl.Cl.Ic1ccccc1.NNc1cccc(Br)c1.O=C1CCCc2ccccc21.[2H]CF.[2H][2H]. The van der Waals surface area contributed by atoms with E-state index in [9.17, 15) is 9.18 Å². The van der Waals surface area contributed by atoms with Gasteiger partial charge < -0.3 is 25.1 Å². The van der Waals surface area contributed by atoms with Gasteiger partial charge in [0.1, 0.15) is 0 Å². The molecular weight excluding hydrogens is 1600 g/mol. The number of nitrogen functional groups attached to an aromatic ring is 1. The van der Waals surface area contributed by atoms with Crippen molar-refractivity contribution < 1.29 is 18.6 Å². The zero-order valence-electron chi connectivity index (χ0n) is 54.2. The molecule has 0 saturated heterocycles. The Morgan fingerprint density at radius 2 is 1.05 bits per heavy atom. The van der Waals surface area contributed by atoms with Gasteiger partial charge in [0.2, 0.25) is 0 Å². The minimum absolute atomic E-state index is 0. The van der Waals surface area contributed by atoms with Crippen LogP contribution < -0.4 is 11.3 Å². The van der Waals surface area contributed by atoms with E-state index < -0.39 is 7.15 Å². The lowest BCUT2D eigenvalue weighted by molar-refractivity contribution is 0.0972. The lowest BCUT2D eigenvalue weighted by Gasteiger charge is -2.16. The van der Waals surface area contributed by atoms with E-state index in [1.54, 1.807) is 6.92 Å². The molecule has 488 valence electrons. The number of nitrogens with zero attached hydrogens (tertiary/aromatic N) is 1. The van der Waals surface area contributed by atoms with E-state index in [4.69, 9.17) is 15.3 Å². The standard InChI is InChI=1S/C22H14BrN.C16H12BrN.C16H10BrN.C10H10O.C6H7BrN2.C6H5I.C2H6O.CH3F.CH4.2ClH.H2/c23-16-11-13-19-20-12-10-15-6-4-5-9-18(15)22(20)24(21(19)14-16)17-7-2-1-3-8-17;2*17-11-6-8-13-14-7-5-10-3-1-2-4-12(10)16(14)18-15(13)9-11;11-10-7-3-5-8-4-1-2-6-9(8)10;7-5-2-1-3-6(4-5)9-8;7-6-4-2-1-3-5-6;1-2-3;1-2;;;;/h1-14H;1-4,6,8-9,18H,5,7H2;1-9,18H;1-2,4,6H,3,5,7H2;1-4,9H,8H2;1-5H;3H,2H2,1H3;1H3;1H4;3*1H/i;;;;;;;1D;;;;1+1D. The Hall–Kier alpha value is -7.15. The van der Waals surface area contributed by atoms with Gasteiger partial charge in [-0.05, 0) is 162 Å². The quantitative estimate of drug-likeness (QED) is 0.0674. The summed E-state index contributed by atoms with van der Waals surface area (Å²) in [5.41, 5.74) is 18.5. The number of anilines is 1. The molecule has 0 amide bonds. The molecule has 3 aromatic heterocycles. The van der Waals surface area contributed by atoms with Gasteiger partial charge in [-0.15, -0.1) is 24.8 Å². The van der Waals surface area contributed by atoms with Crippen molar-refractivity contribution in [1.82, 2.24) is 14.5 Å². The number of halogens is 8. The minimum atomic E-state index is -1.00. The molecule has 2 aliphatic carbocycles. The van der Waals surface area contributed by atoms with Gasteiger partial charge in [-0.1, -0.05) is 253 Å². The van der Waals surface area contributed by atoms with Gasteiger partial charge >= 0.3 is 0 Å². The molecule has 0 atom stereocenters. The topological polar surface area (TPSA) is 112 Å². The summed E-state index contributed by atoms with van der Waals surface area (Å²) in [6.45, 7) is 1.93. The number of hydrazine groups is 1. The van der Waals surface area contributed by atoms with Crippen molar-refractivity contribution in [3.05, 3.63) is 305 Å². The Bertz CT molecular complexity index is 5030. The van der Waals surface area contributed by atoms with E-state index in [0.29, 0.717) is 5.78 Å². The number of aryl methyl sites for hydroxylation is 3. The number of fused-ring (bicyclic) bond motifs is 16. The maximum atomic E-state index is 11.3. The molecule has 12 aromatic carbocycles. The number of benzene rings is 12. The number of aromatic nitrogens is 3. The third-order valence-electron chi connectivity index (χ3n) is 15.8. The lowest BCUT2D eigenvalue weighted by atomic mass is 9.89. The van der Waals surface area contributed by atoms with Crippen LogP contribution in [0.1, 0.15) is 58.6 Å². The number of nitrogens with one attached hydrogen (secondary N) is 3. The van der Waals surface area contributed by atoms with Gasteiger partial charge in [-0.2, -0.15) is 0 Å². The first-order valence-electron chi connectivity index (χ1n) is 31.8. The van der Waals surface area contributed by atoms with E-state index >= 15 is 0 Å². The highest BCUT2D eigenvalue weighted by Gasteiger charge is 2.21. The highest BCUT2D eigenvalue weighted by atomic mass is 127. The molecule has 7 nitrogen and oxygen atoms in total. The summed E-state index contributed by atoms with van der Waals surface area (Å²) in [4.78, 5) is 18.4. The number of aromatic amines is 2. The number of ketones is 1. The van der Waals surface area contributed by atoms with Gasteiger partial charge in [0.05, 0.1) is 25.1 Å². The molecule has 0 spiro atoms. The number of Topliss-reactive ketones (excluding diaryl/α,β-unsaturated/α-hetero) is 1. The summed E-state index contributed by atoms with van der Waals surface area (Å²) in [5, 5.41) is 19.2. The van der Waals surface area contributed by atoms with Crippen LogP contribution in [-0.4, -0.2) is 39.2 Å². The maximum absolute atomic E-state index is 11.3. The summed E-state index contributed by atoms with van der Waals surface area (Å²) in [6, 6.07) is 90.4. The maximum Gasteiger partial charge on any atom is 0.163 e. The second kappa shape index (κ2) is 36.8. The van der Waals surface area contributed by atoms with E-state index in [-0.39, 0.29) is 38.8 Å². The van der Waals surface area contributed by atoms with Crippen molar-refractivity contribution in [1.29, 1.82) is 0 Å². The van der Waals surface area contributed by atoms with E-state index in [0.717, 1.165) is 61.2 Å². The van der Waals surface area contributed by atoms with Crippen LogP contribution in [0.3, 0.4) is 0 Å². The van der Waals surface area contributed by atoms with Crippen molar-refractivity contribution in [2.75, 3.05) is 19.2 Å². The van der Waals surface area contributed by atoms with Gasteiger partial charge in [-0.25, -0.2) is 0 Å². The average molecular weight is 1680 g/mol. The first-order valence-corrected chi connectivity index (χ1v) is 34.3. The first-order chi connectivity index (χ1) is 46.4. The number of aliphatic hydroxyl groups excluding tert-OH is 1. The van der Waals surface area contributed by atoms with E-state index in [1.165, 1.54) is 113 Å². The molecular formula is C80H75Br4Cl2FIN5O2. The molecule has 15 heteroatoms. The molecule has 0 fully saturated rings. The molecule has 6 N–H and O–H groups in total. The minimum Gasteiger partial charge on any atom is -0.397 e. The molecule has 0 aliphatic heterocycles. The van der Waals surface area contributed by atoms with Gasteiger partial charge in [-0.3, -0.25) is 15.0 Å². The van der Waals surface area contributed by atoms with Crippen LogP contribution >= 0.6 is 111 Å². The Labute approximate surface area is 619 Å². The van der Waals surface area contributed by atoms with Crippen LogP contribution in [0.2, 0.25) is 0 Å². The smallest absolute Gasteiger partial charge is 0.163 e. The summed E-state index contributed by atoms with van der Waals surface area (Å²) in [7, 11) is -1.00. The van der Waals surface area contributed by atoms with Crippen molar-refractivity contribution in [3.8, 4) is 16.9 Å². The van der Waals surface area contributed by atoms with E-state index in [2.05, 4.69) is 300 Å². The number of hydrogen-bond donors (Lipinski definition) is 5. The highest BCUT2D eigenvalue weighted by molar-refractivity contribution is 14.1. The summed E-state index contributed by atoms with van der Waals surface area (Å²) < 4.78 is 33.5. The predicted molar refractivity (Wildman–Crippen MR) is 434 cm³/mol. The summed E-state index contributed by atoms with van der Waals surface area (Å²) in [6.07, 6.45) is 5.11. The second-order valence-electron chi connectivity index (χ2n) is 21.6. The van der Waals surface area contributed by atoms with E-state index in [1.807, 2.05) is 66.7 Å². The molecule has 0 unspecified atom stereocenters. The molecule has 0 bridgehead atoms. The largest absolute Gasteiger partial charge is 0.397 e. The third-order valence-corrected chi connectivity index (χ3v) is 18.5. The molecule has 17 rings (SSSR count). The number of rotatable bonds is 2. The number of aliphatic hydroxyl groups is 1. The van der Waals surface area contributed by atoms with Gasteiger partial charge in [0.15, 0.2) is 5.78 Å². The van der Waals surface area contributed by atoms with Crippen LogP contribution in [0, 0.1) is 3.57 Å². The monoisotopic (exact) mass is 1670 g/mol.